The van der Waals surface area contributed by atoms with Crippen LogP contribution in [0, 0.1) is 13.8 Å². The Morgan fingerprint density at radius 3 is 2.25 bits per heavy atom. The Bertz CT molecular complexity index is 1810. The van der Waals surface area contributed by atoms with Crippen molar-refractivity contribution in [1.82, 2.24) is 24.5 Å². The lowest BCUT2D eigenvalue weighted by molar-refractivity contribution is -0.141. The third kappa shape index (κ3) is 5.29. The molecule has 0 aliphatic rings. The number of alkyl halides is 3. The van der Waals surface area contributed by atoms with Crippen molar-refractivity contribution in [2.24, 2.45) is 0 Å². The molecule has 0 amide bonds. The molecule has 2 aromatic heterocycles. The average Bonchev–Trinajstić information content (AvgIpc) is 3.55. The molecule has 0 N–H and O–H groups in total. The van der Waals surface area contributed by atoms with E-state index in [1.54, 1.807) is 47.3 Å². The number of imidazole rings is 1. The molecule has 7 nitrogen and oxygen atoms in total. The molecule has 0 spiro atoms. The van der Waals surface area contributed by atoms with Gasteiger partial charge in [0.15, 0.2) is 15.5 Å². The van der Waals surface area contributed by atoms with Gasteiger partial charge in [-0.3, -0.25) is 0 Å². The van der Waals surface area contributed by atoms with Gasteiger partial charge in [0.05, 0.1) is 28.2 Å². The minimum absolute atomic E-state index is 0.143. The van der Waals surface area contributed by atoms with Crippen LogP contribution in [0.4, 0.5) is 13.2 Å². The molecule has 0 radical (unpaired) electrons. The summed E-state index contributed by atoms with van der Waals surface area (Å²) < 4.78 is 67.9. The van der Waals surface area contributed by atoms with Crippen molar-refractivity contribution in [3.05, 3.63) is 107 Å². The quantitative estimate of drug-likeness (QED) is 0.241. The topological polar surface area (TPSA) is 82.7 Å². The van der Waals surface area contributed by atoms with E-state index < -0.39 is 21.7 Å². The number of sulfone groups is 1. The Balaban J connectivity index is 1.72. The van der Waals surface area contributed by atoms with Crippen LogP contribution in [0.1, 0.15) is 41.2 Å². The SMILES string of the molecule is Cc1ccc(C(C)c2cnnn2-c2cc(-c3cccc(S(C)(=O)=O)c3)ccc2-n2cc(C(F)(F)F)nc2C)cc1. The minimum atomic E-state index is -4.61. The van der Waals surface area contributed by atoms with E-state index in [0.29, 0.717) is 22.5 Å². The van der Waals surface area contributed by atoms with Crippen LogP contribution in [0.3, 0.4) is 0 Å². The van der Waals surface area contributed by atoms with Gasteiger partial charge in [-0.25, -0.2) is 18.1 Å². The zero-order chi connectivity index (χ0) is 28.8. The van der Waals surface area contributed by atoms with Crippen molar-refractivity contribution in [2.45, 2.75) is 37.8 Å². The van der Waals surface area contributed by atoms with E-state index in [-0.39, 0.29) is 16.6 Å². The molecule has 40 heavy (non-hydrogen) atoms. The van der Waals surface area contributed by atoms with Crippen LogP contribution in [0.15, 0.2) is 84.0 Å². The smallest absolute Gasteiger partial charge is 0.301 e. The van der Waals surface area contributed by atoms with Gasteiger partial charge in [0.25, 0.3) is 0 Å². The summed E-state index contributed by atoms with van der Waals surface area (Å²) in [5.74, 6) is 0.00364. The Morgan fingerprint density at radius 1 is 0.900 bits per heavy atom. The predicted octanol–water partition coefficient (Wildman–Crippen LogP) is 6.31. The number of aryl methyl sites for hydroxylation is 2. The highest BCUT2D eigenvalue weighted by molar-refractivity contribution is 7.90. The summed E-state index contributed by atoms with van der Waals surface area (Å²) in [7, 11) is -3.45. The number of hydrogen-bond donors (Lipinski definition) is 0. The number of halogens is 3. The normalized spacial score (nSPS) is 13.0. The van der Waals surface area contributed by atoms with E-state index in [1.165, 1.54) is 17.6 Å². The lowest BCUT2D eigenvalue weighted by atomic mass is 9.97. The van der Waals surface area contributed by atoms with E-state index in [2.05, 4.69) is 15.3 Å². The number of rotatable bonds is 6. The molecule has 0 saturated carbocycles. The summed E-state index contributed by atoms with van der Waals surface area (Å²) in [6.45, 7) is 5.50. The Hall–Kier alpha value is -4.25. The molecule has 2 heterocycles. The Morgan fingerprint density at radius 2 is 1.60 bits per heavy atom. The van der Waals surface area contributed by atoms with Crippen LogP contribution >= 0.6 is 0 Å². The molecular formula is C29H26F3N5O2S. The lowest BCUT2D eigenvalue weighted by Crippen LogP contribution is -2.11. The van der Waals surface area contributed by atoms with Gasteiger partial charge in [-0.15, -0.1) is 5.10 Å². The summed E-state index contributed by atoms with van der Waals surface area (Å²) in [4.78, 5) is 3.90. The van der Waals surface area contributed by atoms with E-state index in [4.69, 9.17) is 0 Å². The third-order valence-corrected chi connectivity index (χ3v) is 7.94. The monoisotopic (exact) mass is 565 g/mol. The summed E-state index contributed by atoms with van der Waals surface area (Å²) in [5.41, 5.74) is 4.00. The van der Waals surface area contributed by atoms with Gasteiger partial charge in [0.2, 0.25) is 0 Å². The van der Waals surface area contributed by atoms with E-state index in [0.717, 1.165) is 29.3 Å². The fraction of sp³-hybridized carbons (Fsp3) is 0.207. The van der Waals surface area contributed by atoms with E-state index in [9.17, 15) is 21.6 Å². The van der Waals surface area contributed by atoms with Crippen LogP contribution in [0.25, 0.3) is 22.5 Å². The van der Waals surface area contributed by atoms with Crippen molar-refractivity contribution in [3.8, 4) is 22.5 Å². The zero-order valence-corrected chi connectivity index (χ0v) is 23.0. The molecule has 1 unspecified atom stereocenters. The second-order valence-electron chi connectivity index (χ2n) is 9.75. The molecule has 0 aliphatic carbocycles. The first kappa shape index (κ1) is 27.3. The fourth-order valence-electron chi connectivity index (χ4n) is 4.59. The van der Waals surface area contributed by atoms with Crippen LogP contribution in [0.5, 0.6) is 0 Å². The van der Waals surface area contributed by atoms with Gasteiger partial charge < -0.3 is 4.57 Å². The van der Waals surface area contributed by atoms with Crippen molar-refractivity contribution >= 4 is 9.84 Å². The first-order valence-electron chi connectivity index (χ1n) is 12.4. The van der Waals surface area contributed by atoms with Crippen LogP contribution < -0.4 is 0 Å². The van der Waals surface area contributed by atoms with Crippen molar-refractivity contribution in [2.75, 3.05) is 6.26 Å². The Kier molecular flexibility index (Phi) is 6.87. The van der Waals surface area contributed by atoms with E-state index >= 15 is 0 Å². The molecule has 0 saturated heterocycles. The highest BCUT2D eigenvalue weighted by atomic mass is 32.2. The molecular weight excluding hydrogens is 539 g/mol. The van der Waals surface area contributed by atoms with Crippen molar-refractivity contribution in [1.29, 1.82) is 0 Å². The molecule has 206 valence electrons. The molecule has 0 bridgehead atoms. The Labute approximate surface area is 229 Å². The predicted molar refractivity (Wildman–Crippen MR) is 145 cm³/mol. The van der Waals surface area contributed by atoms with Gasteiger partial charge in [0.1, 0.15) is 5.82 Å². The summed E-state index contributed by atoms with van der Waals surface area (Å²) in [5, 5.41) is 8.47. The highest BCUT2D eigenvalue weighted by Crippen LogP contribution is 2.34. The van der Waals surface area contributed by atoms with Crippen molar-refractivity contribution < 1.29 is 21.6 Å². The van der Waals surface area contributed by atoms with Crippen LogP contribution in [0.2, 0.25) is 0 Å². The first-order chi connectivity index (χ1) is 18.8. The molecule has 11 heteroatoms. The number of hydrogen-bond acceptors (Lipinski definition) is 5. The molecule has 3 aromatic carbocycles. The third-order valence-electron chi connectivity index (χ3n) is 6.83. The number of aromatic nitrogens is 5. The second kappa shape index (κ2) is 10.1. The summed E-state index contributed by atoms with van der Waals surface area (Å²) in [6.07, 6.45) is -0.888. The molecule has 0 fully saturated rings. The second-order valence-corrected chi connectivity index (χ2v) is 11.8. The maximum Gasteiger partial charge on any atom is 0.434 e. The van der Waals surface area contributed by atoms with E-state index in [1.807, 2.05) is 38.1 Å². The van der Waals surface area contributed by atoms with Crippen LogP contribution in [-0.2, 0) is 16.0 Å². The zero-order valence-electron chi connectivity index (χ0n) is 22.2. The maximum absolute atomic E-state index is 13.5. The standard InChI is InChI=1S/C29H26F3N5O2S/c1-18-8-10-21(11-9-18)19(2)27-16-33-35-37(27)26-15-23(22-6-5-7-24(14-22)40(4,38)39)12-13-25(26)36-17-28(29(30,31)32)34-20(36)3/h5-17,19H,1-4H3. The van der Waals surface area contributed by atoms with Crippen LogP contribution in [-0.4, -0.2) is 39.2 Å². The summed E-state index contributed by atoms with van der Waals surface area (Å²) in [6, 6.07) is 19.7. The molecule has 5 aromatic rings. The van der Waals surface area contributed by atoms with Gasteiger partial charge in [-0.2, -0.15) is 13.2 Å². The first-order valence-corrected chi connectivity index (χ1v) is 14.3. The average molecular weight is 566 g/mol. The minimum Gasteiger partial charge on any atom is -0.301 e. The lowest BCUT2D eigenvalue weighted by Gasteiger charge is -2.18. The van der Waals surface area contributed by atoms with Gasteiger partial charge >= 0.3 is 6.18 Å². The number of benzene rings is 3. The van der Waals surface area contributed by atoms with Gasteiger partial charge in [0, 0.05) is 18.4 Å². The summed E-state index contributed by atoms with van der Waals surface area (Å²) >= 11 is 0. The van der Waals surface area contributed by atoms with Crippen molar-refractivity contribution in [3.63, 3.8) is 0 Å². The highest BCUT2D eigenvalue weighted by Gasteiger charge is 2.35. The molecule has 1 atom stereocenters. The number of nitrogens with zero attached hydrogens (tertiary/aromatic N) is 5. The van der Waals surface area contributed by atoms with Gasteiger partial charge in [-0.05, 0) is 54.8 Å². The van der Waals surface area contributed by atoms with Gasteiger partial charge in [-0.1, -0.05) is 60.2 Å². The molecule has 0 aliphatic heterocycles. The largest absolute Gasteiger partial charge is 0.434 e. The molecule has 5 rings (SSSR count). The fourth-order valence-corrected chi connectivity index (χ4v) is 5.25. The maximum atomic E-state index is 13.5.